The van der Waals surface area contributed by atoms with E-state index in [0.717, 1.165) is 0 Å². The van der Waals surface area contributed by atoms with Crippen LogP contribution in [0.2, 0.25) is 0 Å². The number of carbonyl (C=O) groups excluding carboxylic acids is 1. The molecule has 2 N–H and O–H groups in total. The molecule has 1 amide bonds. The third-order valence-electron chi connectivity index (χ3n) is 3.22. The van der Waals surface area contributed by atoms with Crippen molar-refractivity contribution < 1.29 is 13.2 Å². The first-order chi connectivity index (χ1) is 11.1. The fraction of sp³-hybridized carbons (Fsp3) is 0.278. The lowest BCUT2D eigenvalue weighted by molar-refractivity contribution is 0.0920. The summed E-state index contributed by atoms with van der Waals surface area (Å²) in [6.07, 6.45) is 1.17. The zero-order valence-electron chi connectivity index (χ0n) is 14.3. The van der Waals surface area contributed by atoms with E-state index in [0.29, 0.717) is 16.9 Å². The summed E-state index contributed by atoms with van der Waals surface area (Å²) in [5.74, 6) is -0.168. The summed E-state index contributed by atoms with van der Waals surface area (Å²) < 4.78 is 23.0. The molecule has 0 aliphatic heterocycles. The van der Waals surface area contributed by atoms with Gasteiger partial charge in [-0.3, -0.25) is 4.79 Å². The van der Waals surface area contributed by atoms with E-state index in [1.54, 1.807) is 24.3 Å². The number of rotatable bonds is 4. The van der Waals surface area contributed by atoms with Gasteiger partial charge in [0.15, 0.2) is 9.84 Å². The van der Waals surface area contributed by atoms with Crippen molar-refractivity contribution in [1.29, 1.82) is 0 Å². The van der Waals surface area contributed by atoms with Crippen LogP contribution in [0.5, 0.6) is 0 Å². The summed E-state index contributed by atoms with van der Waals surface area (Å²) >= 11 is 0. The van der Waals surface area contributed by atoms with E-state index in [1.165, 1.54) is 18.4 Å². The fourth-order valence-electron chi connectivity index (χ4n) is 2.14. The molecular formula is C18H22N2O3S. The van der Waals surface area contributed by atoms with Crippen LogP contribution in [-0.2, 0) is 9.84 Å². The Hall–Kier alpha value is -2.34. The second-order valence-electron chi connectivity index (χ2n) is 6.67. The molecule has 6 heteroatoms. The molecule has 0 spiro atoms. The molecule has 5 nitrogen and oxygen atoms in total. The average molecular weight is 346 g/mol. The molecule has 2 aromatic rings. The lowest BCUT2D eigenvalue weighted by Crippen LogP contribution is -2.40. The standard InChI is InChI=1S/C18H22N2O3S/c1-18(2,3)20-17(21)15-7-5-6-8-16(15)19-13-9-11-14(12-10-13)24(4,22)23/h5-12,19H,1-4H3,(H,20,21). The van der Waals surface area contributed by atoms with Gasteiger partial charge in [0, 0.05) is 17.5 Å². The van der Waals surface area contributed by atoms with Gasteiger partial charge in [0.25, 0.3) is 5.91 Å². The Labute approximate surface area is 143 Å². The Morgan fingerprint density at radius 2 is 1.54 bits per heavy atom. The van der Waals surface area contributed by atoms with Crippen molar-refractivity contribution in [2.75, 3.05) is 11.6 Å². The molecule has 0 radical (unpaired) electrons. The second kappa shape index (κ2) is 6.65. The van der Waals surface area contributed by atoms with Crippen molar-refractivity contribution in [3.63, 3.8) is 0 Å². The first-order valence-electron chi connectivity index (χ1n) is 7.55. The maximum atomic E-state index is 12.4. The van der Waals surface area contributed by atoms with Crippen LogP contribution >= 0.6 is 0 Å². The molecule has 0 aliphatic rings. The van der Waals surface area contributed by atoms with E-state index in [1.807, 2.05) is 32.9 Å². The van der Waals surface area contributed by atoms with E-state index in [-0.39, 0.29) is 16.3 Å². The molecule has 2 aromatic carbocycles. The van der Waals surface area contributed by atoms with Crippen molar-refractivity contribution in [3.8, 4) is 0 Å². The van der Waals surface area contributed by atoms with Gasteiger partial charge in [0.05, 0.1) is 16.1 Å². The fourth-order valence-corrected chi connectivity index (χ4v) is 2.77. The third kappa shape index (κ3) is 4.83. The summed E-state index contributed by atoms with van der Waals surface area (Å²) in [5, 5.41) is 6.09. The van der Waals surface area contributed by atoms with Gasteiger partial charge >= 0.3 is 0 Å². The third-order valence-corrected chi connectivity index (χ3v) is 4.35. The monoisotopic (exact) mass is 346 g/mol. The van der Waals surface area contributed by atoms with Crippen molar-refractivity contribution in [2.45, 2.75) is 31.2 Å². The summed E-state index contributed by atoms with van der Waals surface area (Å²) in [6, 6.07) is 13.6. The Balaban J connectivity index is 2.26. The Morgan fingerprint density at radius 1 is 0.958 bits per heavy atom. The SMILES string of the molecule is CC(C)(C)NC(=O)c1ccccc1Nc1ccc(S(C)(=O)=O)cc1. The van der Waals surface area contributed by atoms with E-state index in [9.17, 15) is 13.2 Å². The molecule has 0 aliphatic carbocycles. The van der Waals surface area contributed by atoms with Gasteiger partial charge in [-0.25, -0.2) is 8.42 Å². The summed E-state index contributed by atoms with van der Waals surface area (Å²) in [7, 11) is -3.23. The topological polar surface area (TPSA) is 75.3 Å². The highest BCUT2D eigenvalue weighted by Gasteiger charge is 2.17. The number of benzene rings is 2. The maximum Gasteiger partial charge on any atom is 0.253 e. The van der Waals surface area contributed by atoms with Gasteiger partial charge in [-0.15, -0.1) is 0 Å². The van der Waals surface area contributed by atoms with Crippen LogP contribution in [-0.4, -0.2) is 26.1 Å². The summed E-state index contributed by atoms with van der Waals surface area (Å²) in [5.41, 5.74) is 1.56. The van der Waals surface area contributed by atoms with Crippen LogP contribution in [0.25, 0.3) is 0 Å². The molecule has 0 atom stereocenters. The number of sulfone groups is 1. The molecule has 0 aromatic heterocycles. The van der Waals surface area contributed by atoms with Crippen LogP contribution in [0.4, 0.5) is 11.4 Å². The predicted molar refractivity (Wildman–Crippen MR) is 96.5 cm³/mol. The highest BCUT2D eigenvalue weighted by atomic mass is 32.2. The predicted octanol–water partition coefficient (Wildman–Crippen LogP) is 3.36. The zero-order chi connectivity index (χ0) is 18.0. The average Bonchev–Trinajstić information content (AvgIpc) is 2.45. The molecule has 128 valence electrons. The lowest BCUT2D eigenvalue weighted by atomic mass is 10.1. The molecule has 2 rings (SSSR count). The number of hydrogen-bond acceptors (Lipinski definition) is 4. The first-order valence-corrected chi connectivity index (χ1v) is 9.44. The quantitative estimate of drug-likeness (QED) is 0.890. The molecule has 0 heterocycles. The van der Waals surface area contributed by atoms with E-state index >= 15 is 0 Å². The van der Waals surface area contributed by atoms with Crippen LogP contribution < -0.4 is 10.6 Å². The zero-order valence-corrected chi connectivity index (χ0v) is 15.1. The number of nitrogens with one attached hydrogen (secondary N) is 2. The largest absolute Gasteiger partial charge is 0.355 e. The van der Waals surface area contributed by atoms with Gasteiger partial charge in [0.2, 0.25) is 0 Å². The van der Waals surface area contributed by atoms with Crippen LogP contribution in [0, 0.1) is 0 Å². The maximum absolute atomic E-state index is 12.4. The second-order valence-corrected chi connectivity index (χ2v) is 8.69. The number of carbonyl (C=O) groups is 1. The molecule has 24 heavy (non-hydrogen) atoms. The van der Waals surface area contributed by atoms with Crippen molar-refractivity contribution >= 4 is 27.1 Å². The number of anilines is 2. The number of amides is 1. The summed E-state index contributed by atoms with van der Waals surface area (Å²) in [6.45, 7) is 5.76. The van der Waals surface area contributed by atoms with Crippen LogP contribution in [0.15, 0.2) is 53.4 Å². The minimum atomic E-state index is -3.23. The molecule has 0 unspecified atom stereocenters. The number of hydrogen-bond donors (Lipinski definition) is 2. The molecule has 0 saturated carbocycles. The first kappa shape index (κ1) is 18.0. The summed E-state index contributed by atoms with van der Waals surface area (Å²) in [4.78, 5) is 12.7. The van der Waals surface area contributed by atoms with Gasteiger partial charge in [-0.2, -0.15) is 0 Å². The Kier molecular flexibility index (Phi) is 4.99. The number of para-hydroxylation sites is 1. The van der Waals surface area contributed by atoms with Gasteiger partial charge in [0.1, 0.15) is 0 Å². The molecule has 0 bridgehead atoms. The van der Waals surface area contributed by atoms with Crippen LogP contribution in [0.1, 0.15) is 31.1 Å². The van der Waals surface area contributed by atoms with E-state index in [4.69, 9.17) is 0 Å². The Bertz CT molecular complexity index is 835. The lowest BCUT2D eigenvalue weighted by Gasteiger charge is -2.21. The minimum absolute atomic E-state index is 0.168. The molecular weight excluding hydrogens is 324 g/mol. The van der Waals surface area contributed by atoms with E-state index < -0.39 is 9.84 Å². The minimum Gasteiger partial charge on any atom is -0.355 e. The van der Waals surface area contributed by atoms with Gasteiger partial charge in [-0.05, 0) is 57.2 Å². The smallest absolute Gasteiger partial charge is 0.253 e. The molecule has 0 saturated heterocycles. The van der Waals surface area contributed by atoms with Crippen molar-refractivity contribution in [2.24, 2.45) is 0 Å². The van der Waals surface area contributed by atoms with Crippen molar-refractivity contribution in [3.05, 3.63) is 54.1 Å². The van der Waals surface area contributed by atoms with Gasteiger partial charge < -0.3 is 10.6 Å². The molecule has 0 fully saturated rings. The van der Waals surface area contributed by atoms with Gasteiger partial charge in [-0.1, -0.05) is 12.1 Å². The Morgan fingerprint density at radius 3 is 2.08 bits per heavy atom. The van der Waals surface area contributed by atoms with E-state index in [2.05, 4.69) is 10.6 Å². The normalized spacial score (nSPS) is 11.8. The highest BCUT2D eigenvalue weighted by Crippen LogP contribution is 2.22. The van der Waals surface area contributed by atoms with Crippen LogP contribution in [0.3, 0.4) is 0 Å². The highest BCUT2D eigenvalue weighted by molar-refractivity contribution is 7.90. The van der Waals surface area contributed by atoms with Crippen molar-refractivity contribution in [1.82, 2.24) is 5.32 Å².